The highest BCUT2D eigenvalue weighted by atomic mass is 79.9. The molecule has 1 aliphatic heterocycles. The van der Waals surface area contributed by atoms with Crippen LogP contribution in [0.5, 0.6) is 5.75 Å². The second-order valence-corrected chi connectivity index (χ2v) is 6.50. The zero-order valence-electron chi connectivity index (χ0n) is 12.3. The lowest BCUT2D eigenvalue weighted by atomic mass is 10.1. The quantitative estimate of drug-likeness (QED) is 0.861. The molecular formula is C15H18BrClN2O3. The Balaban J connectivity index is 1.75. The molecule has 0 bridgehead atoms. The lowest BCUT2D eigenvalue weighted by Gasteiger charge is -2.31. The normalized spacial score (nSPS) is 15.5. The van der Waals surface area contributed by atoms with E-state index in [4.69, 9.17) is 16.3 Å². The molecule has 1 fully saturated rings. The van der Waals surface area contributed by atoms with Crippen LogP contribution in [0.2, 0.25) is 5.02 Å². The summed E-state index contributed by atoms with van der Waals surface area (Å²) < 4.78 is 6.18. The lowest BCUT2D eigenvalue weighted by molar-refractivity contribution is -0.130. The maximum Gasteiger partial charge on any atom is 0.258 e. The van der Waals surface area contributed by atoms with Crippen molar-refractivity contribution in [3.63, 3.8) is 0 Å². The Bertz CT molecular complexity index is 560. The number of amides is 2. The summed E-state index contributed by atoms with van der Waals surface area (Å²) in [5.41, 5.74) is 0. The summed E-state index contributed by atoms with van der Waals surface area (Å²) in [6, 6.07) is 5.23. The first-order valence-electron chi connectivity index (χ1n) is 7.08. The molecule has 2 rings (SSSR count). The van der Waals surface area contributed by atoms with Crippen LogP contribution in [0.25, 0.3) is 0 Å². The average molecular weight is 390 g/mol. The Kier molecular flexibility index (Phi) is 6.08. The van der Waals surface area contributed by atoms with Crippen LogP contribution in [0, 0.1) is 0 Å². The summed E-state index contributed by atoms with van der Waals surface area (Å²) in [5.74, 6) is 0.495. The number of rotatable bonds is 4. The van der Waals surface area contributed by atoms with E-state index in [9.17, 15) is 9.59 Å². The van der Waals surface area contributed by atoms with Gasteiger partial charge in [0.25, 0.3) is 5.91 Å². The molecule has 1 aromatic carbocycles. The molecule has 0 unspecified atom stereocenters. The Morgan fingerprint density at radius 3 is 2.68 bits per heavy atom. The summed E-state index contributed by atoms with van der Waals surface area (Å²) in [7, 11) is 0. The maximum atomic E-state index is 11.9. The third kappa shape index (κ3) is 4.88. The van der Waals surface area contributed by atoms with E-state index in [2.05, 4.69) is 21.2 Å². The molecule has 22 heavy (non-hydrogen) atoms. The van der Waals surface area contributed by atoms with Crippen molar-refractivity contribution in [3.8, 4) is 5.75 Å². The van der Waals surface area contributed by atoms with E-state index >= 15 is 0 Å². The standard InChI is InChI=1S/C15H18BrClN2O3/c1-10(20)19-6-4-12(5-7-19)18-15(21)9-22-14-3-2-11(17)8-13(14)16/h2-3,8,12H,4-7,9H2,1H3,(H,18,21). The van der Waals surface area contributed by atoms with E-state index in [1.165, 1.54) is 0 Å². The number of carbonyl (C=O) groups excluding carboxylic acids is 2. The Labute approximate surface area is 143 Å². The van der Waals surface area contributed by atoms with Gasteiger partial charge in [-0.2, -0.15) is 0 Å². The molecule has 0 spiro atoms. The van der Waals surface area contributed by atoms with E-state index in [1.54, 1.807) is 30.0 Å². The van der Waals surface area contributed by atoms with Crippen LogP contribution >= 0.6 is 27.5 Å². The molecule has 120 valence electrons. The van der Waals surface area contributed by atoms with E-state index < -0.39 is 0 Å². The minimum atomic E-state index is -0.164. The fourth-order valence-corrected chi connectivity index (χ4v) is 3.14. The van der Waals surface area contributed by atoms with Gasteiger partial charge in [-0.3, -0.25) is 9.59 Å². The van der Waals surface area contributed by atoms with E-state index in [1.807, 2.05) is 0 Å². The van der Waals surface area contributed by atoms with Gasteiger partial charge in [-0.15, -0.1) is 0 Å². The molecule has 2 amide bonds. The second kappa shape index (κ2) is 7.83. The predicted octanol–water partition coefficient (Wildman–Crippen LogP) is 2.61. The molecule has 1 heterocycles. The summed E-state index contributed by atoms with van der Waals surface area (Å²) in [4.78, 5) is 25.0. The fourth-order valence-electron chi connectivity index (χ4n) is 2.34. The average Bonchev–Trinajstić information content (AvgIpc) is 2.47. The molecule has 0 atom stereocenters. The Morgan fingerprint density at radius 2 is 2.09 bits per heavy atom. The molecule has 0 aromatic heterocycles. The zero-order valence-corrected chi connectivity index (χ0v) is 14.6. The van der Waals surface area contributed by atoms with Gasteiger partial charge in [0.2, 0.25) is 5.91 Å². The summed E-state index contributed by atoms with van der Waals surface area (Å²) in [6.07, 6.45) is 1.55. The van der Waals surface area contributed by atoms with Gasteiger partial charge in [0.15, 0.2) is 6.61 Å². The molecule has 7 heteroatoms. The van der Waals surface area contributed by atoms with Crippen LogP contribution < -0.4 is 10.1 Å². The van der Waals surface area contributed by atoms with Crippen LogP contribution in [0.3, 0.4) is 0 Å². The van der Waals surface area contributed by atoms with Crippen molar-refractivity contribution in [1.29, 1.82) is 0 Å². The first kappa shape index (κ1) is 17.1. The molecular weight excluding hydrogens is 372 g/mol. The molecule has 5 nitrogen and oxygen atoms in total. The second-order valence-electron chi connectivity index (χ2n) is 5.21. The fraction of sp³-hybridized carbons (Fsp3) is 0.467. The number of benzene rings is 1. The first-order chi connectivity index (χ1) is 10.5. The summed E-state index contributed by atoms with van der Waals surface area (Å²) in [5, 5.41) is 3.53. The highest BCUT2D eigenvalue weighted by molar-refractivity contribution is 9.10. The van der Waals surface area contributed by atoms with Crippen molar-refractivity contribution >= 4 is 39.3 Å². The highest BCUT2D eigenvalue weighted by Crippen LogP contribution is 2.27. The Hall–Kier alpha value is -1.27. The third-order valence-corrected chi connectivity index (χ3v) is 4.41. The van der Waals surface area contributed by atoms with Gasteiger partial charge in [-0.05, 0) is 47.0 Å². The smallest absolute Gasteiger partial charge is 0.258 e. The Morgan fingerprint density at radius 1 is 1.41 bits per heavy atom. The number of carbonyl (C=O) groups is 2. The van der Waals surface area contributed by atoms with Crippen LogP contribution in [0.15, 0.2) is 22.7 Å². The van der Waals surface area contributed by atoms with Crippen LogP contribution in [-0.2, 0) is 9.59 Å². The number of nitrogens with one attached hydrogen (secondary N) is 1. The third-order valence-electron chi connectivity index (χ3n) is 3.56. The first-order valence-corrected chi connectivity index (χ1v) is 8.25. The van der Waals surface area contributed by atoms with Gasteiger partial charge in [-0.1, -0.05) is 11.6 Å². The van der Waals surface area contributed by atoms with Crippen molar-refractivity contribution in [1.82, 2.24) is 10.2 Å². The van der Waals surface area contributed by atoms with E-state index in [0.29, 0.717) is 28.3 Å². The van der Waals surface area contributed by atoms with Gasteiger partial charge in [0.05, 0.1) is 4.47 Å². The van der Waals surface area contributed by atoms with Crippen molar-refractivity contribution in [2.45, 2.75) is 25.8 Å². The number of likely N-dealkylation sites (tertiary alicyclic amines) is 1. The topological polar surface area (TPSA) is 58.6 Å². The van der Waals surface area contributed by atoms with Gasteiger partial charge in [0.1, 0.15) is 5.75 Å². The highest BCUT2D eigenvalue weighted by Gasteiger charge is 2.22. The van der Waals surface area contributed by atoms with Crippen molar-refractivity contribution < 1.29 is 14.3 Å². The van der Waals surface area contributed by atoms with Gasteiger partial charge < -0.3 is 15.0 Å². The predicted molar refractivity (Wildman–Crippen MR) is 88.1 cm³/mol. The number of nitrogens with zero attached hydrogens (tertiary/aromatic N) is 1. The van der Waals surface area contributed by atoms with Gasteiger partial charge in [0, 0.05) is 31.1 Å². The summed E-state index contributed by atoms with van der Waals surface area (Å²) >= 11 is 9.19. The van der Waals surface area contributed by atoms with Crippen LogP contribution in [0.1, 0.15) is 19.8 Å². The number of ether oxygens (including phenoxy) is 1. The molecule has 1 aromatic rings. The van der Waals surface area contributed by atoms with Crippen molar-refractivity contribution in [2.75, 3.05) is 19.7 Å². The summed E-state index contributed by atoms with van der Waals surface area (Å²) in [6.45, 7) is 2.89. The largest absolute Gasteiger partial charge is 0.483 e. The van der Waals surface area contributed by atoms with Gasteiger partial charge >= 0.3 is 0 Å². The van der Waals surface area contributed by atoms with Crippen molar-refractivity contribution in [3.05, 3.63) is 27.7 Å². The molecule has 1 N–H and O–H groups in total. The minimum Gasteiger partial charge on any atom is -0.483 e. The van der Waals surface area contributed by atoms with Crippen LogP contribution in [0.4, 0.5) is 0 Å². The minimum absolute atomic E-state index is 0.0485. The number of piperidine rings is 1. The molecule has 0 radical (unpaired) electrons. The molecule has 1 aliphatic rings. The lowest BCUT2D eigenvalue weighted by Crippen LogP contribution is -2.47. The molecule has 0 aliphatic carbocycles. The monoisotopic (exact) mass is 388 g/mol. The number of hydrogen-bond acceptors (Lipinski definition) is 3. The van der Waals surface area contributed by atoms with E-state index in [-0.39, 0.29) is 24.5 Å². The molecule has 1 saturated heterocycles. The SMILES string of the molecule is CC(=O)N1CCC(NC(=O)COc2ccc(Cl)cc2Br)CC1. The van der Waals surface area contributed by atoms with Gasteiger partial charge in [-0.25, -0.2) is 0 Å². The molecule has 0 saturated carbocycles. The van der Waals surface area contributed by atoms with Crippen LogP contribution in [-0.4, -0.2) is 42.5 Å². The zero-order chi connectivity index (χ0) is 16.1. The van der Waals surface area contributed by atoms with Crippen molar-refractivity contribution in [2.24, 2.45) is 0 Å². The number of hydrogen-bond donors (Lipinski definition) is 1. The van der Waals surface area contributed by atoms with E-state index in [0.717, 1.165) is 12.8 Å². The maximum absolute atomic E-state index is 11.9. The number of halogens is 2.